The Morgan fingerprint density at radius 3 is 2.37 bits per heavy atom. The number of carbonyl (C=O) groups excluding carboxylic acids is 1. The minimum absolute atomic E-state index is 0.0156. The van der Waals surface area contributed by atoms with Crippen molar-refractivity contribution < 1.29 is 26.4 Å². The lowest BCUT2D eigenvalue weighted by Crippen LogP contribution is -2.36. The minimum Gasteiger partial charge on any atom is -0.335 e. The first-order valence-electron chi connectivity index (χ1n) is 9.28. The Labute approximate surface area is 177 Å². The predicted octanol–water partition coefficient (Wildman–Crippen LogP) is 4.22. The Balaban J connectivity index is 1.66. The summed E-state index contributed by atoms with van der Waals surface area (Å²) in [6.07, 6.45) is -3.26. The highest BCUT2D eigenvalue weighted by molar-refractivity contribution is 7.89. The molecule has 0 heterocycles. The Morgan fingerprint density at radius 1 is 1.10 bits per heavy atom. The van der Waals surface area contributed by atoms with Crippen LogP contribution in [0.2, 0.25) is 5.02 Å². The summed E-state index contributed by atoms with van der Waals surface area (Å²) >= 11 is 5.91. The fraction of sp³-hybridized carbons (Fsp3) is 0.350. The number of carbonyl (C=O) groups is 1. The van der Waals surface area contributed by atoms with Gasteiger partial charge in [-0.25, -0.2) is 13.1 Å². The van der Waals surface area contributed by atoms with Gasteiger partial charge in [-0.1, -0.05) is 41.9 Å². The maximum absolute atomic E-state index is 13.3. The number of hydrogen-bond acceptors (Lipinski definition) is 3. The van der Waals surface area contributed by atoms with E-state index < -0.39 is 27.7 Å². The van der Waals surface area contributed by atoms with Crippen molar-refractivity contribution in [3.63, 3.8) is 0 Å². The van der Waals surface area contributed by atoms with Crippen molar-refractivity contribution in [1.29, 1.82) is 0 Å². The summed E-state index contributed by atoms with van der Waals surface area (Å²) in [4.78, 5) is 14.0. The van der Waals surface area contributed by atoms with Crippen molar-refractivity contribution in [3.05, 3.63) is 64.7 Å². The Bertz CT molecular complexity index is 1020. The van der Waals surface area contributed by atoms with Crippen LogP contribution in [0, 0.1) is 0 Å². The molecule has 0 aromatic heterocycles. The van der Waals surface area contributed by atoms with E-state index in [4.69, 9.17) is 11.6 Å². The van der Waals surface area contributed by atoms with Gasteiger partial charge in [0.25, 0.3) is 0 Å². The molecule has 0 bridgehead atoms. The number of benzene rings is 2. The summed E-state index contributed by atoms with van der Waals surface area (Å²) in [6.45, 7) is -0.354. The molecule has 1 amide bonds. The molecule has 30 heavy (non-hydrogen) atoms. The van der Waals surface area contributed by atoms with E-state index in [9.17, 15) is 26.4 Å². The molecule has 3 rings (SSSR count). The van der Waals surface area contributed by atoms with Gasteiger partial charge in [-0.3, -0.25) is 4.79 Å². The zero-order valence-corrected chi connectivity index (χ0v) is 17.4. The molecule has 0 spiro atoms. The molecule has 2 aromatic carbocycles. The van der Waals surface area contributed by atoms with Crippen LogP contribution in [0.5, 0.6) is 0 Å². The number of amides is 1. The van der Waals surface area contributed by atoms with Gasteiger partial charge in [0.05, 0.1) is 10.6 Å². The normalized spacial score (nSPS) is 14.5. The van der Waals surface area contributed by atoms with E-state index in [0.717, 1.165) is 6.07 Å². The van der Waals surface area contributed by atoms with Crippen molar-refractivity contribution in [3.8, 4) is 0 Å². The average molecular weight is 461 g/mol. The molecule has 0 unspecified atom stereocenters. The van der Waals surface area contributed by atoms with Crippen LogP contribution in [0.1, 0.15) is 30.4 Å². The third-order valence-electron chi connectivity index (χ3n) is 4.73. The van der Waals surface area contributed by atoms with Crippen LogP contribution in [0.15, 0.2) is 53.4 Å². The average Bonchev–Trinajstić information content (AvgIpc) is 3.50. The molecule has 1 aliphatic carbocycles. The van der Waals surface area contributed by atoms with E-state index in [1.165, 1.54) is 41.3 Å². The summed E-state index contributed by atoms with van der Waals surface area (Å²) in [5.74, 6) is -0.406. The molecule has 2 aromatic rings. The van der Waals surface area contributed by atoms with Gasteiger partial charge < -0.3 is 4.90 Å². The molecule has 10 heteroatoms. The highest BCUT2D eigenvalue weighted by Gasteiger charge is 2.37. The lowest BCUT2D eigenvalue weighted by atomic mass is 10.1. The maximum Gasteiger partial charge on any atom is 0.416 e. The summed E-state index contributed by atoms with van der Waals surface area (Å²) in [5.41, 5.74) is -0.759. The van der Waals surface area contributed by atoms with E-state index >= 15 is 0 Å². The first-order chi connectivity index (χ1) is 14.1. The monoisotopic (exact) mass is 460 g/mol. The van der Waals surface area contributed by atoms with Crippen LogP contribution in [-0.4, -0.2) is 31.8 Å². The SMILES string of the molecule is O=C(CCNS(=O)(=O)c1ccccc1Cl)N(Cc1ccccc1C(F)(F)F)C1CC1. The lowest BCUT2D eigenvalue weighted by Gasteiger charge is -2.24. The molecule has 162 valence electrons. The summed E-state index contributed by atoms with van der Waals surface area (Å²) in [7, 11) is -3.90. The second-order valence-corrected chi connectivity index (χ2v) is 9.13. The van der Waals surface area contributed by atoms with Gasteiger partial charge in [-0.05, 0) is 36.6 Å². The third kappa shape index (κ3) is 5.53. The molecule has 0 radical (unpaired) electrons. The molecular formula is C20H20ClF3N2O3S. The number of alkyl halides is 3. The fourth-order valence-electron chi connectivity index (χ4n) is 3.10. The number of sulfonamides is 1. The van der Waals surface area contributed by atoms with Gasteiger partial charge in [0.1, 0.15) is 4.90 Å². The zero-order chi connectivity index (χ0) is 21.9. The number of nitrogens with zero attached hydrogens (tertiary/aromatic N) is 1. The van der Waals surface area contributed by atoms with Gasteiger partial charge in [-0.15, -0.1) is 0 Å². The molecular weight excluding hydrogens is 441 g/mol. The van der Waals surface area contributed by atoms with Crippen molar-refractivity contribution >= 4 is 27.5 Å². The summed E-state index contributed by atoms with van der Waals surface area (Å²) in [5, 5.41) is 0.0553. The molecule has 0 aliphatic heterocycles. The number of nitrogens with one attached hydrogen (secondary N) is 1. The van der Waals surface area contributed by atoms with Crippen LogP contribution < -0.4 is 4.72 Å². The smallest absolute Gasteiger partial charge is 0.335 e. The number of hydrogen-bond donors (Lipinski definition) is 1. The number of rotatable bonds is 8. The predicted molar refractivity (Wildman–Crippen MR) is 106 cm³/mol. The van der Waals surface area contributed by atoms with Crippen LogP contribution in [0.25, 0.3) is 0 Å². The van der Waals surface area contributed by atoms with Crippen molar-refractivity contribution in [2.45, 2.75) is 42.9 Å². The van der Waals surface area contributed by atoms with Gasteiger partial charge >= 0.3 is 6.18 Å². The quantitative estimate of drug-likeness (QED) is 0.641. The third-order valence-corrected chi connectivity index (χ3v) is 6.69. The van der Waals surface area contributed by atoms with Crippen molar-refractivity contribution in [2.75, 3.05) is 6.54 Å². The van der Waals surface area contributed by atoms with Gasteiger partial charge in [0, 0.05) is 25.6 Å². The molecule has 1 fully saturated rings. The molecule has 1 saturated carbocycles. The Hall–Kier alpha value is -2.10. The first kappa shape index (κ1) is 22.6. The summed E-state index contributed by atoms with van der Waals surface area (Å²) < 4.78 is 66.8. The molecule has 1 aliphatic rings. The summed E-state index contributed by atoms with van der Waals surface area (Å²) in [6, 6.07) is 10.9. The van der Waals surface area contributed by atoms with Crippen LogP contribution in [0.3, 0.4) is 0 Å². The van der Waals surface area contributed by atoms with E-state index in [1.807, 2.05) is 0 Å². The minimum atomic E-state index is -4.51. The first-order valence-corrected chi connectivity index (χ1v) is 11.1. The van der Waals surface area contributed by atoms with E-state index in [0.29, 0.717) is 12.8 Å². The topological polar surface area (TPSA) is 66.5 Å². The standard InChI is InChI=1S/C20H20ClF3N2O3S/c21-17-7-3-4-8-18(17)30(28,29)25-12-11-19(27)26(15-9-10-15)13-14-5-1-2-6-16(14)20(22,23)24/h1-8,15,25H,9-13H2. The lowest BCUT2D eigenvalue weighted by molar-refractivity contribution is -0.140. The highest BCUT2D eigenvalue weighted by Crippen LogP contribution is 2.35. The molecule has 0 saturated heterocycles. The van der Waals surface area contributed by atoms with Crippen molar-refractivity contribution in [1.82, 2.24) is 9.62 Å². The fourth-order valence-corrected chi connectivity index (χ4v) is 4.65. The van der Waals surface area contributed by atoms with Crippen molar-refractivity contribution in [2.24, 2.45) is 0 Å². The van der Waals surface area contributed by atoms with Crippen LogP contribution in [-0.2, 0) is 27.5 Å². The Morgan fingerprint density at radius 2 is 1.73 bits per heavy atom. The molecule has 5 nitrogen and oxygen atoms in total. The van der Waals surface area contributed by atoms with Gasteiger partial charge in [0.15, 0.2) is 0 Å². The maximum atomic E-state index is 13.3. The second-order valence-electron chi connectivity index (χ2n) is 6.99. The van der Waals surface area contributed by atoms with E-state index in [-0.39, 0.29) is 41.0 Å². The van der Waals surface area contributed by atoms with Gasteiger partial charge in [-0.2, -0.15) is 13.2 Å². The van der Waals surface area contributed by atoms with Gasteiger partial charge in [0.2, 0.25) is 15.9 Å². The zero-order valence-electron chi connectivity index (χ0n) is 15.8. The molecule has 0 atom stereocenters. The number of halogens is 4. The van der Waals surface area contributed by atoms with E-state index in [1.54, 1.807) is 6.07 Å². The second kappa shape index (κ2) is 8.95. The highest BCUT2D eigenvalue weighted by atomic mass is 35.5. The van der Waals surface area contributed by atoms with Crippen LogP contribution in [0.4, 0.5) is 13.2 Å². The van der Waals surface area contributed by atoms with Crippen LogP contribution >= 0.6 is 11.6 Å². The largest absolute Gasteiger partial charge is 0.416 e. The Kier molecular flexibility index (Phi) is 6.74. The molecule has 1 N–H and O–H groups in total. The van der Waals surface area contributed by atoms with E-state index in [2.05, 4.69) is 4.72 Å².